The highest BCUT2D eigenvalue weighted by Crippen LogP contribution is 2.03. The van der Waals surface area contributed by atoms with Crippen LogP contribution in [0.5, 0.6) is 0 Å². The molecule has 5 heteroatoms. The molecule has 0 atom stereocenters. The zero-order valence-corrected chi connectivity index (χ0v) is 12.2. The topological polar surface area (TPSA) is 41.4 Å². The summed E-state index contributed by atoms with van der Waals surface area (Å²) in [6, 6.07) is 10.7. The first-order valence-electron chi connectivity index (χ1n) is 7.07. The van der Waals surface area contributed by atoms with Crippen LogP contribution in [0.3, 0.4) is 0 Å². The smallest absolute Gasteiger partial charge is 0.191 e. The van der Waals surface area contributed by atoms with Crippen LogP contribution in [-0.2, 0) is 13.0 Å². The molecule has 0 aliphatic carbocycles. The van der Waals surface area contributed by atoms with Gasteiger partial charge in [-0.15, -0.1) is 0 Å². The second-order valence-electron chi connectivity index (χ2n) is 4.73. The highest BCUT2D eigenvalue weighted by Gasteiger charge is 1.99. The van der Waals surface area contributed by atoms with Crippen LogP contribution in [0.2, 0.25) is 0 Å². The maximum Gasteiger partial charge on any atom is 0.191 e. The van der Waals surface area contributed by atoms with Gasteiger partial charge in [0.15, 0.2) is 5.96 Å². The number of rotatable bonds is 6. The molecule has 0 aliphatic rings. The second-order valence-corrected chi connectivity index (χ2v) is 4.73. The van der Waals surface area contributed by atoms with E-state index in [1.54, 1.807) is 19.2 Å². The van der Waals surface area contributed by atoms with Crippen LogP contribution in [0.4, 0.5) is 4.39 Å². The number of nitrogens with one attached hydrogen (secondary N) is 2. The van der Waals surface area contributed by atoms with Gasteiger partial charge in [-0.3, -0.25) is 4.99 Å². The molecular formula is C16H21FN4. The van der Waals surface area contributed by atoms with E-state index in [2.05, 4.69) is 20.2 Å². The molecule has 0 fully saturated rings. The van der Waals surface area contributed by atoms with Crippen molar-refractivity contribution >= 4 is 5.96 Å². The average Bonchev–Trinajstić information content (AvgIpc) is 2.99. The largest absolute Gasteiger partial charge is 0.356 e. The number of hydrogen-bond donors (Lipinski definition) is 2. The first-order valence-corrected chi connectivity index (χ1v) is 7.07. The number of benzene rings is 1. The number of guanidine groups is 1. The van der Waals surface area contributed by atoms with Gasteiger partial charge < -0.3 is 15.2 Å². The van der Waals surface area contributed by atoms with Crippen molar-refractivity contribution in [1.82, 2.24) is 15.2 Å². The molecule has 0 bridgehead atoms. The van der Waals surface area contributed by atoms with Gasteiger partial charge in [0, 0.05) is 39.1 Å². The summed E-state index contributed by atoms with van der Waals surface area (Å²) in [5.41, 5.74) is 0.977. The van der Waals surface area contributed by atoms with Crippen LogP contribution in [0, 0.1) is 5.82 Å². The minimum absolute atomic E-state index is 0.193. The lowest BCUT2D eigenvalue weighted by Gasteiger charge is -2.12. The Balaban J connectivity index is 1.68. The first-order chi connectivity index (χ1) is 10.3. The molecule has 0 spiro atoms. The molecule has 4 nitrogen and oxygen atoms in total. The molecule has 1 heterocycles. The van der Waals surface area contributed by atoms with Gasteiger partial charge >= 0.3 is 0 Å². The van der Waals surface area contributed by atoms with Gasteiger partial charge in [-0.05, 0) is 36.2 Å². The molecule has 21 heavy (non-hydrogen) atoms. The Morgan fingerprint density at radius 2 is 1.90 bits per heavy atom. The molecule has 0 amide bonds. The molecule has 2 N–H and O–H groups in total. The maximum absolute atomic E-state index is 13.1. The number of aliphatic imine (C=N–C) groups is 1. The fourth-order valence-corrected chi connectivity index (χ4v) is 2.06. The van der Waals surface area contributed by atoms with E-state index >= 15 is 0 Å². The third-order valence-corrected chi connectivity index (χ3v) is 3.15. The molecule has 112 valence electrons. The van der Waals surface area contributed by atoms with E-state index in [4.69, 9.17) is 0 Å². The van der Waals surface area contributed by atoms with Gasteiger partial charge in [0.1, 0.15) is 5.82 Å². The van der Waals surface area contributed by atoms with Crippen molar-refractivity contribution in [2.24, 2.45) is 4.99 Å². The van der Waals surface area contributed by atoms with E-state index in [1.165, 1.54) is 6.07 Å². The molecule has 2 aromatic rings. The highest BCUT2D eigenvalue weighted by molar-refractivity contribution is 5.79. The lowest BCUT2D eigenvalue weighted by atomic mass is 10.1. The summed E-state index contributed by atoms with van der Waals surface area (Å²) in [6.07, 6.45) is 4.82. The normalized spacial score (nSPS) is 11.4. The maximum atomic E-state index is 13.1. The molecule has 2 rings (SSSR count). The molecule has 1 aromatic carbocycles. The number of aromatic nitrogens is 1. The van der Waals surface area contributed by atoms with Crippen molar-refractivity contribution in [3.8, 4) is 0 Å². The molecular weight excluding hydrogens is 267 g/mol. The van der Waals surface area contributed by atoms with Crippen LogP contribution >= 0.6 is 0 Å². The SMILES string of the molecule is CN=C(NCCc1cccc(F)c1)NCCn1cccc1. The van der Waals surface area contributed by atoms with Crippen LogP contribution in [0.15, 0.2) is 53.8 Å². The summed E-state index contributed by atoms with van der Waals surface area (Å²) < 4.78 is 15.2. The Labute approximate surface area is 124 Å². The summed E-state index contributed by atoms with van der Waals surface area (Å²) >= 11 is 0. The predicted octanol–water partition coefficient (Wildman–Crippen LogP) is 2.03. The molecule has 0 radical (unpaired) electrons. The molecule has 0 saturated heterocycles. The molecule has 1 aromatic heterocycles. The third kappa shape index (κ3) is 5.30. The summed E-state index contributed by atoms with van der Waals surface area (Å²) in [4.78, 5) is 4.17. The fraction of sp³-hybridized carbons (Fsp3) is 0.312. The summed E-state index contributed by atoms with van der Waals surface area (Å²) in [5, 5.41) is 6.47. The zero-order chi connectivity index (χ0) is 14.9. The van der Waals surface area contributed by atoms with Crippen molar-refractivity contribution in [3.63, 3.8) is 0 Å². The Kier molecular flexibility index (Phi) is 5.82. The summed E-state index contributed by atoms with van der Waals surface area (Å²) in [6.45, 7) is 2.40. The van der Waals surface area contributed by atoms with Gasteiger partial charge in [0.25, 0.3) is 0 Å². The quantitative estimate of drug-likeness (QED) is 0.631. The van der Waals surface area contributed by atoms with E-state index in [9.17, 15) is 4.39 Å². The molecule has 0 saturated carbocycles. The fourth-order valence-electron chi connectivity index (χ4n) is 2.06. The van der Waals surface area contributed by atoms with E-state index < -0.39 is 0 Å². The number of nitrogens with zero attached hydrogens (tertiary/aromatic N) is 2. The second kappa shape index (κ2) is 8.09. The Hall–Kier alpha value is -2.30. The monoisotopic (exact) mass is 288 g/mol. The van der Waals surface area contributed by atoms with Crippen molar-refractivity contribution in [1.29, 1.82) is 0 Å². The molecule has 0 unspecified atom stereocenters. The van der Waals surface area contributed by atoms with Gasteiger partial charge in [-0.2, -0.15) is 0 Å². The Bertz CT molecular complexity index is 563. The van der Waals surface area contributed by atoms with Crippen molar-refractivity contribution in [3.05, 3.63) is 60.2 Å². The lowest BCUT2D eigenvalue weighted by Crippen LogP contribution is -2.39. The van der Waals surface area contributed by atoms with E-state index in [0.29, 0.717) is 6.54 Å². The Morgan fingerprint density at radius 3 is 2.62 bits per heavy atom. The Morgan fingerprint density at radius 1 is 1.14 bits per heavy atom. The minimum atomic E-state index is -0.193. The predicted molar refractivity (Wildman–Crippen MR) is 83.9 cm³/mol. The lowest BCUT2D eigenvalue weighted by molar-refractivity contribution is 0.624. The zero-order valence-electron chi connectivity index (χ0n) is 12.2. The minimum Gasteiger partial charge on any atom is -0.356 e. The molecule has 0 aliphatic heterocycles. The number of hydrogen-bond acceptors (Lipinski definition) is 1. The standard InChI is InChI=1S/C16H21FN4/c1-18-16(20-9-12-21-10-2-3-11-21)19-8-7-14-5-4-6-15(17)13-14/h2-6,10-11,13H,7-9,12H2,1H3,(H2,18,19,20). The summed E-state index contributed by atoms with van der Waals surface area (Å²) in [5.74, 6) is 0.570. The van der Waals surface area contributed by atoms with Crippen LogP contribution in [-0.4, -0.2) is 30.7 Å². The van der Waals surface area contributed by atoms with Crippen molar-refractivity contribution in [2.45, 2.75) is 13.0 Å². The highest BCUT2D eigenvalue weighted by atomic mass is 19.1. The summed E-state index contributed by atoms with van der Waals surface area (Å²) in [7, 11) is 1.74. The number of halogens is 1. The van der Waals surface area contributed by atoms with Gasteiger partial charge in [0.05, 0.1) is 0 Å². The van der Waals surface area contributed by atoms with E-state index in [0.717, 1.165) is 31.0 Å². The van der Waals surface area contributed by atoms with Gasteiger partial charge in [-0.25, -0.2) is 4.39 Å². The van der Waals surface area contributed by atoms with Crippen LogP contribution < -0.4 is 10.6 Å². The van der Waals surface area contributed by atoms with Gasteiger partial charge in [0.2, 0.25) is 0 Å². The first kappa shape index (κ1) is 15.1. The van der Waals surface area contributed by atoms with Gasteiger partial charge in [-0.1, -0.05) is 12.1 Å². The van der Waals surface area contributed by atoms with E-state index in [-0.39, 0.29) is 5.82 Å². The average molecular weight is 288 g/mol. The van der Waals surface area contributed by atoms with Crippen LogP contribution in [0.25, 0.3) is 0 Å². The van der Waals surface area contributed by atoms with Crippen molar-refractivity contribution in [2.75, 3.05) is 20.1 Å². The van der Waals surface area contributed by atoms with E-state index in [1.807, 2.05) is 30.6 Å². The van der Waals surface area contributed by atoms with Crippen LogP contribution in [0.1, 0.15) is 5.56 Å². The van der Waals surface area contributed by atoms with Crippen molar-refractivity contribution < 1.29 is 4.39 Å². The third-order valence-electron chi connectivity index (χ3n) is 3.15.